The second kappa shape index (κ2) is 13.5. The summed E-state index contributed by atoms with van der Waals surface area (Å²) < 4.78 is 38.5. The van der Waals surface area contributed by atoms with E-state index in [2.05, 4.69) is 18.1 Å². The number of rotatable bonds is 8. The smallest absolute Gasteiger partial charge is 0.302 e. The molecule has 19 heavy (non-hydrogen) atoms. The van der Waals surface area contributed by atoms with Gasteiger partial charge < -0.3 is 9.79 Å². The molecule has 0 saturated heterocycles. The highest BCUT2D eigenvalue weighted by molar-refractivity contribution is 7.59. The number of phosphoric ester groups is 2. The Bertz CT molecular complexity index is 240. The van der Waals surface area contributed by atoms with E-state index in [4.69, 9.17) is 9.79 Å². The molecule has 0 aromatic carbocycles. The predicted octanol–water partition coefficient (Wildman–Crippen LogP) is 2.43. The molecule has 0 bridgehead atoms. The third kappa shape index (κ3) is 18.6. The topological polar surface area (TPSA) is 112 Å². The fraction of sp³-hybridized carbons (Fsp3) is 1.00. The molecule has 0 fully saturated rings. The van der Waals surface area contributed by atoms with Crippen LogP contribution in [0.4, 0.5) is 0 Å². The van der Waals surface area contributed by atoms with Gasteiger partial charge in [0.1, 0.15) is 0 Å². The largest absolute Gasteiger partial charge is 0.472 e. The molecule has 0 aromatic rings. The van der Waals surface area contributed by atoms with Crippen LogP contribution in [-0.4, -0.2) is 36.2 Å². The van der Waals surface area contributed by atoms with Crippen LogP contribution in [0.15, 0.2) is 0 Å². The van der Waals surface area contributed by atoms with Crippen LogP contribution in [0.5, 0.6) is 0 Å². The summed E-state index contributed by atoms with van der Waals surface area (Å²) in [6.45, 7) is 7.26. The van der Waals surface area contributed by atoms with Crippen molar-refractivity contribution >= 4 is 29.1 Å². The quantitative estimate of drug-likeness (QED) is 0.647. The van der Waals surface area contributed by atoms with Crippen molar-refractivity contribution in [2.75, 3.05) is 26.4 Å². The first-order chi connectivity index (χ1) is 8.24. The zero-order valence-electron chi connectivity index (χ0n) is 11.6. The molecule has 0 amide bonds. The summed E-state index contributed by atoms with van der Waals surface area (Å²) in [5, 5.41) is 0. The summed E-state index contributed by atoms with van der Waals surface area (Å²) in [5.41, 5.74) is 0. The van der Waals surface area contributed by atoms with E-state index >= 15 is 0 Å². The lowest BCUT2D eigenvalue weighted by molar-refractivity contribution is 0.160. The van der Waals surface area contributed by atoms with Crippen LogP contribution in [0.2, 0.25) is 0 Å². The lowest BCUT2D eigenvalue weighted by atomic mass is 10.9. The number of hydrogen-bond donors (Lipinski definition) is 2. The van der Waals surface area contributed by atoms with Gasteiger partial charge in [-0.25, -0.2) is 9.13 Å². The lowest BCUT2D eigenvalue weighted by Gasteiger charge is -2.07. The van der Waals surface area contributed by atoms with E-state index in [9.17, 15) is 9.13 Å². The zero-order valence-corrected chi connectivity index (χ0v) is 14.4. The number of phosphoric acid groups is 2. The molecule has 120 valence electrons. The van der Waals surface area contributed by atoms with E-state index in [1.54, 1.807) is 27.7 Å². The molecule has 0 radical (unpaired) electrons. The molecule has 0 heterocycles. The van der Waals surface area contributed by atoms with Gasteiger partial charge in [-0.05, 0) is 27.7 Å². The highest BCUT2D eigenvalue weighted by Gasteiger charge is 2.18. The second-order valence-corrected chi connectivity index (χ2v) is 5.52. The molecule has 0 saturated carbocycles. The van der Waals surface area contributed by atoms with E-state index in [-0.39, 0.29) is 39.9 Å². The van der Waals surface area contributed by atoms with Gasteiger partial charge in [0.05, 0.1) is 26.4 Å². The maximum Gasteiger partial charge on any atom is 0.472 e. The molecule has 0 aliphatic heterocycles. The van der Waals surface area contributed by atoms with E-state index in [0.717, 1.165) is 0 Å². The average Bonchev–Trinajstić information content (AvgIpc) is 2.17. The van der Waals surface area contributed by atoms with Gasteiger partial charge in [-0.1, -0.05) is 0 Å². The van der Waals surface area contributed by atoms with Gasteiger partial charge in [0, 0.05) is 0 Å². The van der Waals surface area contributed by atoms with Crippen molar-refractivity contribution in [2.45, 2.75) is 27.7 Å². The summed E-state index contributed by atoms with van der Waals surface area (Å²) in [7, 11) is -7.39. The third-order valence-corrected chi connectivity index (χ3v) is 3.51. The van der Waals surface area contributed by atoms with Gasteiger partial charge >= 0.3 is 15.6 Å². The fourth-order valence-corrected chi connectivity index (χ4v) is 2.18. The van der Waals surface area contributed by atoms with Crippen molar-refractivity contribution in [2.24, 2.45) is 0 Å². The van der Waals surface area contributed by atoms with Gasteiger partial charge in [0.2, 0.25) is 0 Å². The highest BCUT2D eigenvalue weighted by atomic mass is 32.1. The molecule has 0 spiro atoms. The van der Waals surface area contributed by atoms with Gasteiger partial charge in [0.15, 0.2) is 0 Å². The molecular formula is C8H24O8P2S. The van der Waals surface area contributed by atoms with Gasteiger partial charge in [-0.2, -0.15) is 13.5 Å². The van der Waals surface area contributed by atoms with Crippen molar-refractivity contribution in [1.82, 2.24) is 0 Å². The van der Waals surface area contributed by atoms with Gasteiger partial charge in [-0.15, -0.1) is 0 Å². The first kappa shape index (κ1) is 24.6. The van der Waals surface area contributed by atoms with Gasteiger partial charge in [-0.3, -0.25) is 18.1 Å². The normalized spacial score (nSPS) is 11.3. The van der Waals surface area contributed by atoms with E-state index in [1.807, 2.05) is 0 Å². The van der Waals surface area contributed by atoms with Gasteiger partial charge in [0.25, 0.3) is 0 Å². The van der Waals surface area contributed by atoms with Crippen molar-refractivity contribution in [3.05, 3.63) is 0 Å². The minimum atomic E-state index is -3.69. The molecular weight excluding hydrogens is 318 g/mol. The van der Waals surface area contributed by atoms with Crippen LogP contribution < -0.4 is 0 Å². The molecule has 0 aromatic heterocycles. The summed E-state index contributed by atoms with van der Waals surface area (Å²) in [4.78, 5) is 17.3. The van der Waals surface area contributed by atoms with E-state index in [0.29, 0.717) is 0 Å². The molecule has 0 aliphatic carbocycles. The Labute approximate surface area is 121 Å². The van der Waals surface area contributed by atoms with Crippen molar-refractivity contribution in [1.29, 1.82) is 0 Å². The van der Waals surface area contributed by atoms with Crippen LogP contribution in [-0.2, 0) is 27.2 Å². The maximum atomic E-state index is 10.5. The minimum Gasteiger partial charge on any atom is -0.302 e. The van der Waals surface area contributed by atoms with Crippen LogP contribution in [0.25, 0.3) is 0 Å². The maximum absolute atomic E-state index is 10.5. The zero-order chi connectivity index (χ0) is 14.7. The second-order valence-electron chi connectivity index (χ2n) is 2.61. The Morgan fingerprint density at radius 2 is 0.842 bits per heavy atom. The van der Waals surface area contributed by atoms with Crippen LogP contribution in [0.1, 0.15) is 27.7 Å². The molecule has 0 aliphatic rings. The minimum absolute atomic E-state index is 0. The molecule has 0 atom stereocenters. The Balaban J connectivity index is -0.000000256. The number of hydrogen-bond acceptors (Lipinski definition) is 6. The lowest BCUT2D eigenvalue weighted by Crippen LogP contribution is -1.93. The van der Waals surface area contributed by atoms with Crippen molar-refractivity contribution < 1.29 is 37.0 Å². The predicted molar refractivity (Wildman–Crippen MR) is 76.5 cm³/mol. The SMILES string of the molecule is CCOP(=O)(O)OCC.CCOP(=O)(O)OCC.S. The molecule has 8 nitrogen and oxygen atoms in total. The summed E-state index contributed by atoms with van der Waals surface area (Å²) in [6, 6.07) is 0. The molecule has 11 heteroatoms. The van der Waals surface area contributed by atoms with E-state index < -0.39 is 15.6 Å². The molecule has 0 rings (SSSR count). The Morgan fingerprint density at radius 1 is 0.684 bits per heavy atom. The van der Waals surface area contributed by atoms with Crippen LogP contribution in [0, 0.1) is 0 Å². The Hall–Kier alpha value is 0.570. The third-order valence-electron chi connectivity index (χ3n) is 1.17. The highest BCUT2D eigenvalue weighted by Crippen LogP contribution is 2.42. The van der Waals surface area contributed by atoms with Crippen LogP contribution >= 0.6 is 29.1 Å². The molecule has 0 unspecified atom stereocenters. The molecule has 2 N–H and O–H groups in total. The Morgan fingerprint density at radius 3 is 0.947 bits per heavy atom. The first-order valence-corrected chi connectivity index (χ1v) is 8.47. The average molecular weight is 342 g/mol. The van der Waals surface area contributed by atoms with E-state index in [1.165, 1.54) is 0 Å². The summed E-state index contributed by atoms with van der Waals surface area (Å²) >= 11 is 0. The van der Waals surface area contributed by atoms with Crippen molar-refractivity contribution in [3.63, 3.8) is 0 Å². The van der Waals surface area contributed by atoms with Crippen molar-refractivity contribution in [3.8, 4) is 0 Å². The standard InChI is InChI=1S/2C4H11O4P.H2S/c2*1-3-7-9(5,6)8-4-2;/h2*3-4H2,1-2H3,(H,5,6);1H2. The summed E-state index contributed by atoms with van der Waals surface area (Å²) in [5.74, 6) is 0. The fourth-order valence-electron chi connectivity index (χ4n) is 0.727. The Kier molecular flexibility index (Phi) is 17.5. The first-order valence-electron chi connectivity index (χ1n) is 5.48. The summed E-state index contributed by atoms with van der Waals surface area (Å²) in [6.07, 6.45) is 0. The van der Waals surface area contributed by atoms with Crippen LogP contribution in [0.3, 0.4) is 0 Å². The monoisotopic (exact) mass is 342 g/mol.